The number of pyridine rings is 1. The smallest absolute Gasteiger partial charge is 0.244 e. The minimum atomic E-state index is 0.192. The molecule has 25 heavy (non-hydrogen) atoms. The molecule has 1 aromatic carbocycles. The second-order valence-electron chi connectivity index (χ2n) is 6.66. The van der Waals surface area contributed by atoms with E-state index in [0.29, 0.717) is 5.82 Å². The number of aryl methyl sites for hydroxylation is 1. The first-order chi connectivity index (χ1) is 12.3. The van der Waals surface area contributed by atoms with E-state index in [2.05, 4.69) is 51.2 Å². The van der Waals surface area contributed by atoms with Gasteiger partial charge in [-0.3, -0.25) is 9.88 Å². The number of likely N-dealkylation sites (tertiary alicyclic amines) is 1. The summed E-state index contributed by atoms with van der Waals surface area (Å²) in [7, 11) is 0. The van der Waals surface area contributed by atoms with Crippen molar-refractivity contribution in [1.82, 2.24) is 20.0 Å². The van der Waals surface area contributed by atoms with Gasteiger partial charge < -0.3 is 4.52 Å². The van der Waals surface area contributed by atoms with Gasteiger partial charge in [-0.1, -0.05) is 41.4 Å². The summed E-state index contributed by atoms with van der Waals surface area (Å²) in [5.74, 6) is 1.36. The normalized spacial score (nSPS) is 18.4. The molecule has 2 aromatic heterocycles. The maximum atomic E-state index is 5.63. The largest absolute Gasteiger partial charge is 0.337 e. The highest BCUT2D eigenvalue weighted by Crippen LogP contribution is 2.32. The lowest BCUT2D eigenvalue weighted by Crippen LogP contribution is -2.33. The van der Waals surface area contributed by atoms with Crippen LogP contribution in [-0.4, -0.2) is 26.6 Å². The Morgan fingerprint density at radius 2 is 2.04 bits per heavy atom. The summed E-state index contributed by atoms with van der Waals surface area (Å²) in [6.07, 6.45) is 6.96. The van der Waals surface area contributed by atoms with Gasteiger partial charge in [-0.2, -0.15) is 4.98 Å². The molecule has 1 saturated heterocycles. The first-order valence-corrected chi connectivity index (χ1v) is 8.83. The van der Waals surface area contributed by atoms with Crippen LogP contribution in [0.3, 0.4) is 0 Å². The predicted molar refractivity (Wildman–Crippen MR) is 95.7 cm³/mol. The first-order valence-electron chi connectivity index (χ1n) is 8.83. The fraction of sp³-hybridized carbons (Fsp3) is 0.350. The van der Waals surface area contributed by atoms with Gasteiger partial charge in [0.1, 0.15) is 0 Å². The molecular weight excluding hydrogens is 312 g/mol. The van der Waals surface area contributed by atoms with Crippen molar-refractivity contribution in [1.29, 1.82) is 0 Å². The van der Waals surface area contributed by atoms with Crippen molar-refractivity contribution >= 4 is 0 Å². The number of hydrogen-bond donors (Lipinski definition) is 0. The molecule has 0 radical (unpaired) electrons. The van der Waals surface area contributed by atoms with Crippen LogP contribution in [-0.2, 0) is 6.54 Å². The van der Waals surface area contributed by atoms with Crippen LogP contribution in [0.2, 0.25) is 0 Å². The fourth-order valence-electron chi connectivity index (χ4n) is 3.49. The SMILES string of the molecule is Cc1cccc(CN2CCCC[C@@H]2c2nc(-c3ccncc3)no2)c1. The third-order valence-corrected chi connectivity index (χ3v) is 4.75. The zero-order chi connectivity index (χ0) is 17.1. The van der Waals surface area contributed by atoms with Gasteiger partial charge in [0.2, 0.25) is 11.7 Å². The molecular formula is C20H22N4O. The van der Waals surface area contributed by atoms with Crippen molar-refractivity contribution in [2.45, 2.75) is 38.8 Å². The highest BCUT2D eigenvalue weighted by atomic mass is 16.5. The summed E-state index contributed by atoms with van der Waals surface area (Å²) >= 11 is 0. The molecule has 0 saturated carbocycles. The van der Waals surface area contributed by atoms with E-state index in [1.807, 2.05) is 12.1 Å². The van der Waals surface area contributed by atoms with Crippen LogP contribution < -0.4 is 0 Å². The van der Waals surface area contributed by atoms with E-state index < -0.39 is 0 Å². The van der Waals surface area contributed by atoms with Gasteiger partial charge in [-0.25, -0.2) is 0 Å². The van der Waals surface area contributed by atoms with E-state index in [9.17, 15) is 0 Å². The molecule has 4 rings (SSSR count). The Bertz CT molecular complexity index is 830. The monoisotopic (exact) mass is 334 g/mol. The summed E-state index contributed by atoms with van der Waals surface area (Å²) in [5.41, 5.74) is 3.57. The molecule has 0 amide bonds. The second-order valence-corrected chi connectivity index (χ2v) is 6.66. The molecule has 5 heteroatoms. The van der Waals surface area contributed by atoms with Crippen LogP contribution in [0.25, 0.3) is 11.4 Å². The van der Waals surface area contributed by atoms with E-state index in [1.54, 1.807) is 12.4 Å². The molecule has 1 aliphatic heterocycles. The average Bonchev–Trinajstić information content (AvgIpc) is 3.13. The minimum Gasteiger partial charge on any atom is -0.337 e. The Balaban J connectivity index is 1.56. The van der Waals surface area contributed by atoms with Crippen LogP contribution in [0.5, 0.6) is 0 Å². The van der Waals surface area contributed by atoms with E-state index >= 15 is 0 Å². The van der Waals surface area contributed by atoms with Gasteiger partial charge in [0.15, 0.2) is 0 Å². The van der Waals surface area contributed by atoms with Gasteiger partial charge in [-0.15, -0.1) is 0 Å². The van der Waals surface area contributed by atoms with Crippen molar-refractivity contribution in [3.8, 4) is 11.4 Å². The molecule has 0 N–H and O–H groups in total. The lowest BCUT2D eigenvalue weighted by atomic mass is 10.0. The van der Waals surface area contributed by atoms with E-state index in [0.717, 1.165) is 31.0 Å². The third-order valence-electron chi connectivity index (χ3n) is 4.75. The van der Waals surface area contributed by atoms with Crippen molar-refractivity contribution in [2.75, 3.05) is 6.54 Å². The molecule has 1 atom stereocenters. The van der Waals surface area contributed by atoms with Crippen LogP contribution in [0, 0.1) is 6.92 Å². The van der Waals surface area contributed by atoms with Gasteiger partial charge in [0.05, 0.1) is 6.04 Å². The third kappa shape index (κ3) is 3.61. The van der Waals surface area contributed by atoms with E-state index in [-0.39, 0.29) is 6.04 Å². The van der Waals surface area contributed by atoms with Gasteiger partial charge in [0.25, 0.3) is 0 Å². The number of rotatable bonds is 4. The molecule has 128 valence electrons. The molecule has 0 bridgehead atoms. The summed E-state index contributed by atoms with van der Waals surface area (Å²) in [5, 5.41) is 4.18. The van der Waals surface area contributed by atoms with Crippen LogP contribution in [0.1, 0.15) is 42.3 Å². The lowest BCUT2D eigenvalue weighted by molar-refractivity contribution is 0.111. The molecule has 5 nitrogen and oxygen atoms in total. The van der Waals surface area contributed by atoms with Crippen LogP contribution >= 0.6 is 0 Å². The molecule has 1 aliphatic rings. The molecule has 3 heterocycles. The molecule has 0 aliphatic carbocycles. The molecule has 0 unspecified atom stereocenters. The topological polar surface area (TPSA) is 55.1 Å². The van der Waals surface area contributed by atoms with E-state index in [1.165, 1.54) is 24.0 Å². The zero-order valence-corrected chi connectivity index (χ0v) is 14.4. The maximum absolute atomic E-state index is 5.63. The number of hydrogen-bond acceptors (Lipinski definition) is 5. The van der Waals surface area contributed by atoms with Gasteiger partial charge in [-0.05, 0) is 44.0 Å². The lowest BCUT2D eigenvalue weighted by Gasteiger charge is -2.33. The highest BCUT2D eigenvalue weighted by Gasteiger charge is 2.29. The number of aromatic nitrogens is 3. The predicted octanol–water partition coefficient (Wildman–Crippen LogP) is 4.17. The highest BCUT2D eigenvalue weighted by molar-refractivity contribution is 5.52. The number of piperidine rings is 1. The van der Waals surface area contributed by atoms with Crippen molar-refractivity contribution in [3.63, 3.8) is 0 Å². The summed E-state index contributed by atoms with van der Waals surface area (Å²) in [6, 6.07) is 12.7. The first kappa shape index (κ1) is 16.0. The van der Waals surface area contributed by atoms with Crippen LogP contribution in [0.15, 0.2) is 53.3 Å². The molecule has 0 spiro atoms. The molecule has 3 aromatic rings. The number of benzene rings is 1. The maximum Gasteiger partial charge on any atom is 0.244 e. The van der Waals surface area contributed by atoms with Gasteiger partial charge in [0, 0.05) is 24.5 Å². The summed E-state index contributed by atoms with van der Waals surface area (Å²) < 4.78 is 5.63. The Hall–Kier alpha value is -2.53. The Morgan fingerprint density at radius 3 is 2.88 bits per heavy atom. The van der Waals surface area contributed by atoms with Crippen molar-refractivity contribution < 1.29 is 4.52 Å². The second kappa shape index (κ2) is 7.15. The quantitative estimate of drug-likeness (QED) is 0.717. The Morgan fingerprint density at radius 1 is 1.16 bits per heavy atom. The van der Waals surface area contributed by atoms with Crippen LogP contribution in [0.4, 0.5) is 0 Å². The summed E-state index contributed by atoms with van der Waals surface area (Å²) in [4.78, 5) is 11.2. The van der Waals surface area contributed by atoms with Gasteiger partial charge >= 0.3 is 0 Å². The standard InChI is InChI=1S/C20H22N4O/c1-15-5-4-6-16(13-15)14-24-12-3-2-7-18(24)20-22-19(23-25-20)17-8-10-21-11-9-17/h4-6,8-11,13,18H,2-3,7,12,14H2,1H3/t18-/m1/s1. The fourth-order valence-corrected chi connectivity index (χ4v) is 3.49. The average molecular weight is 334 g/mol. The minimum absolute atomic E-state index is 0.192. The Kier molecular flexibility index (Phi) is 4.57. The zero-order valence-electron chi connectivity index (χ0n) is 14.4. The van der Waals surface area contributed by atoms with Crippen molar-refractivity contribution in [3.05, 3.63) is 65.8 Å². The molecule has 1 fully saturated rings. The summed E-state index contributed by atoms with van der Waals surface area (Å²) in [6.45, 7) is 4.11. The van der Waals surface area contributed by atoms with E-state index in [4.69, 9.17) is 4.52 Å². The Labute approximate surface area is 147 Å². The number of nitrogens with zero attached hydrogens (tertiary/aromatic N) is 4. The van der Waals surface area contributed by atoms with Crippen molar-refractivity contribution in [2.24, 2.45) is 0 Å².